The van der Waals surface area contributed by atoms with E-state index in [9.17, 15) is 4.79 Å². The highest BCUT2D eigenvalue weighted by molar-refractivity contribution is 9.10. The fourth-order valence-corrected chi connectivity index (χ4v) is 3.35. The molecular formula is C20H24BrN3O2. The zero-order valence-corrected chi connectivity index (χ0v) is 17.0. The van der Waals surface area contributed by atoms with E-state index < -0.39 is 5.60 Å². The summed E-state index contributed by atoms with van der Waals surface area (Å²) < 4.78 is 6.48. The van der Waals surface area contributed by atoms with Gasteiger partial charge in [-0.15, -0.1) is 0 Å². The van der Waals surface area contributed by atoms with Gasteiger partial charge in [-0.3, -0.25) is 0 Å². The number of likely N-dealkylation sites (tertiary alicyclic amines) is 1. The summed E-state index contributed by atoms with van der Waals surface area (Å²) in [4.78, 5) is 18.6. The van der Waals surface area contributed by atoms with Crippen LogP contribution in [0.25, 0.3) is 10.9 Å². The van der Waals surface area contributed by atoms with Crippen molar-refractivity contribution in [2.75, 3.05) is 18.4 Å². The minimum atomic E-state index is -0.478. The van der Waals surface area contributed by atoms with Crippen molar-refractivity contribution in [2.24, 2.45) is 5.92 Å². The predicted octanol–water partition coefficient (Wildman–Crippen LogP) is 5.18. The van der Waals surface area contributed by atoms with Gasteiger partial charge in [-0.1, -0.05) is 22.5 Å². The second kappa shape index (κ2) is 7.27. The topological polar surface area (TPSA) is 54.5 Å². The number of carbonyl (C=O) groups is 1. The fraction of sp³-hybridized carbons (Fsp3) is 0.400. The second-order valence-corrected chi connectivity index (χ2v) is 8.51. The highest BCUT2D eigenvalue weighted by Gasteiger charge is 2.31. The number of halogens is 1. The number of hydrogen-bond donors (Lipinski definition) is 1. The van der Waals surface area contributed by atoms with E-state index in [0.717, 1.165) is 33.3 Å². The summed E-state index contributed by atoms with van der Waals surface area (Å²) in [5.74, 6) is 0.950. The van der Waals surface area contributed by atoms with Crippen molar-refractivity contribution in [1.29, 1.82) is 0 Å². The molecule has 138 valence electrons. The third-order valence-electron chi connectivity index (χ3n) is 4.27. The van der Waals surface area contributed by atoms with Crippen molar-refractivity contribution in [3.8, 4) is 0 Å². The summed E-state index contributed by atoms with van der Waals surface area (Å²) in [6, 6.07) is 9.97. The standard InChI is InChI=1S/C20H24BrN3O2/c1-13(15-9-10-24(12-15)19(25)26-20(2,3)4)22-18-8-5-14-11-16(21)6-7-17(14)23-18/h5-8,11,15H,1,9-10,12H2,2-4H3,(H,22,23). The molecule has 2 heterocycles. The largest absolute Gasteiger partial charge is 0.444 e. The number of anilines is 1. The van der Waals surface area contributed by atoms with Crippen molar-refractivity contribution in [3.05, 3.63) is 47.1 Å². The number of benzene rings is 1. The van der Waals surface area contributed by atoms with Gasteiger partial charge in [0.2, 0.25) is 0 Å². The van der Waals surface area contributed by atoms with Gasteiger partial charge in [0.05, 0.1) is 5.52 Å². The summed E-state index contributed by atoms with van der Waals surface area (Å²) in [6.07, 6.45) is 0.605. The molecule has 3 rings (SSSR count). The van der Waals surface area contributed by atoms with Gasteiger partial charge < -0.3 is 15.0 Å². The second-order valence-electron chi connectivity index (χ2n) is 7.60. The molecule has 0 saturated carbocycles. The normalized spacial score (nSPS) is 17.4. The third-order valence-corrected chi connectivity index (χ3v) is 4.77. The summed E-state index contributed by atoms with van der Waals surface area (Å²) >= 11 is 3.47. The first-order valence-electron chi connectivity index (χ1n) is 8.71. The number of carbonyl (C=O) groups excluding carboxylic acids is 1. The number of nitrogens with one attached hydrogen (secondary N) is 1. The summed E-state index contributed by atoms with van der Waals surface area (Å²) in [5, 5.41) is 4.38. The summed E-state index contributed by atoms with van der Waals surface area (Å²) in [5.41, 5.74) is 1.32. The quantitative estimate of drug-likeness (QED) is 0.747. The number of aromatic nitrogens is 1. The van der Waals surface area contributed by atoms with Crippen molar-refractivity contribution >= 4 is 38.7 Å². The van der Waals surface area contributed by atoms with Gasteiger partial charge in [0.15, 0.2) is 0 Å². The number of pyridine rings is 1. The number of rotatable bonds is 3. The molecular weight excluding hydrogens is 394 g/mol. The van der Waals surface area contributed by atoms with Gasteiger partial charge in [-0.25, -0.2) is 9.78 Å². The van der Waals surface area contributed by atoms with Crippen LogP contribution >= 0.6 is 15.9 Å². The van der Waals surface area contributed by atoms with Crippen LogP contribution < -0.4 is 5.32 Å². The Balaban J connectivity index is 1.62. The van der Waals surface area contributed by atoms with Crippen LogP contribution in [0.2, 0.25) is 0 Å². The average molecular weight is 418 g/mol. The van der Waals surface area contributed by atoms with E-state index in [1.165, 1.54) is 0 Å². The molecule has 1 N–H and O–H groups in total. The van der Waals surface area contributed by atoms with Crippen molar-refractivity contribution < 1.29 is 9.53 Å². The molecule has 1 aliphatic heterocycles. The molecule has 1 amide bonds. The Kier molecular flexibility index (Phi) is 5.23. The van der Waals surface area contributed by atoms with E-state index in [1.54, 1.807) is 4.90 Å². The summed E-state index contributed by atoms with van der Waals surface area (Å²) in [7, 11) is 0. The molecule has 5 nitrogen and oxygen atoms in total. The highest BCUT2D eigenvalue weighted by Crippen LogP contribution is 2.26. The number of fused-ring (bicyclic) bond motifs is 1. The van der Waals surface area contributed by atoms with Gasteiger partial charge in [-0.05, 0) is 57.5 Å². The van der Waals surface area contributed by atoms with Crippen LogP contribution in [0, 0.1) is 5.92 Å². The molecule has 1 aromatic carbocycles. The van der Waals surface area contributed by atoms with Gasteiger partial charge in [0.25, 0.3) is 0 Å². The van der Waals surface area contributed by atoms with Crippen LogP contribution in [-0.4, -0.2) is 34.7 Å². The van der Waals surface area contributed by atoms with Crippen LogP contribution in [0.15, 0.2) is 47.1 Å². The number of amides is 1. The van der Waals surface area contributed by atoms with Gasteiger partial charge >= 0.3 is 6.09 Å². The Morgan fingerprint density at radius 2 is 2.12 bits per heavy atom. The third kappa shape index (κ3) is 4.55. The first-order chi connectivity index (χ1) is 12.2. The van der Waals surface area contributed by atoms with E-state index in [4.69, 9.17) is 4.74 Å². The van der Waals surface area contributed by atoms with E-state index in [2.05, 4.69) is 32.8 Å². The van der Waals surface area contributed by atoms with E-state index in [1.807, 2.05) is 51.1 Å². The Bertz CT molecular complexity index is 845. The molecule has 0 aliphatic carbocycles. The monoisotopic (exact) mass is 417 g/mol. The predicted molar refractivity (Wildman–Crippen MR) is 108 cm³/mol. The minimum absolute atomic E-state index is 0.185. The van der Waals surface area contributed by atoms with Crippen LogP contribution in [0.1, 0.15) is 27.2 Å². The molecule has 2 aromatic rings. The van der Waals surface area contributed by atoms with Gasteiger partial charge in [-0.2, -0.15) is 0 Å². The van der Waals surface area contributed by atoms with Crippen LogP contribution in [0.5, 0.6) is 0 Å². The lowest BCUT2D eigenvalue weighted by molar-refractivity contribution is 0.0290. The molecule has 6 heteroatoms. The van der Waals surface area contributed by atoms with Crippen molar-refractivity contribution in [1.82, 2.24) is 9.88 Å². The maximum Gasteiger partial charge on any atom is 0.410 e. The molecule has 0 spiro atoms. The number of ether oxygens (including phenoxy) is 1. The molecule has 1 fully saturated rings. The fourth-order valence-electron chi connectivity index (χ4n) is 2.97. The van der Waals surface area contributed by atoms with Crippen LogP contribution in [0.3, 0.4) is 0 Å². The lowest BCUT2D eigenvalue weighted by atomic mass is 10.1. The van der Waals surface area contributed by atoms with Crippen LogP contribution in [-0.2, 0) is 4.74 Å². The van der Waals surface area contributed by atoms with Gasteiger partial charge in [0, 0.05) is 34.6 Å². The molecule has 0 bridgehead atoms. The van der Waals surface area contributed by atoms with Crippen LogP contribution in [0.4, 0.5) is 10.6 Å². The SMILES string of the molecule is C=C(Nc1ccc2cc(Br)ccc2n1)C1CCN(C(=O)OC(C)(C)C)C1. The molecule has 1 atom stereocenters. The molecule has 1 aromatic heterocycles. The maximum absolute atomic E-state index is 12.2. The summed E-state index contributed by atoms with van der Waals surface area (Å²) in [6.45, 7) is 11.1. The van der Waals surface area contributed by atoms with E-state index in [0.29, 0.717) is 13.1 Å². The smallest absolute Gasteiger partial charge is 0.410 e. The average Bonchev–Trinajstić information content (AvgIpc) is 3.04. The molecule has 0 radical (unpaired) electrons. The first kappa shape index (κ1) is 18.7. The Morgan fingerprint density at radius 1 is 1.35 bits per heavy atom. The van der Waals surface area contributed by atoms with E-state index in [-0.39, 0.29) is 12.0 Å². The molecule has 1 aliphatic rings. The lowest BCUT2D eigenvalue weighted by Crippen LogP contribution is -2.35. The molecule has 1 saturated heterocycles. The first-order valence-corrected chi connectivity index (χ1v) is 9.51. The zero-order chi connectivity index (χ0) is 18.9. The van der Waals surface area contributed by atoms with Crippen molar-refractivity contribution in [2.45, 2.75) is 32.8 Å². The van der Waals surface area contributed by atoms with Crippen molar-refractivity contribution in [3.63, 3.8) is 0 Å². The Hall–Kier alpha value is -2.08. The number of nitrogens with zero attached hydrogens (tertiary/aromatic N) is 2. The Morgan fingerprint density at radius 3 is 2.85 bits per heavy atom. The Labute approximate surface area is 162 Å². The highest BCUT2D eigenvalue weighted by atomic mass is 79.9. The number of hydrogen-bond acceptors (Lipinski definition) is 4. The molecule has 26 heavy (non-hydrogen) atoms. The minimum Gasteiger partial charge on any atom is -0.444 e. The van der Waals surface area contributed by atoms with E-state index >= 15 is 0 Å². The lowest BCUT2D eigenvalue weighted by Gasteiger charge is -2.24. The zero-order valence-electron chi connectivity index (χ0n) is 15.4. The van der Waals surface area contributed by atoms with Gasteiger partial charge in [0.1, 0.15) is 11.4 Å². The maximum atomic E-state index is 12.2. The molecule has 1 unspecified atom stereocenters.